The van der Waals surface area contributed by atoms with Gasteiger partial charge in [-0.25, -0.2) is 12.8 Å². The summed E-state index contributed by atoms with van der Waals surface area (Å²) in [4.78, 5) is 28.3. The van der Waals surface area contributed by atoms with E-state index in [1.54, 1.807) is 37.3 Å². The van der Waals surface area contributed by atoms with E-state index in [1.807, 2.05) is 6.92 Å². The Balaban J connectivity index is 2.08. The van der Waals surface area contributed by atoms with Crippen molar-refractivity contribution in [3.63, 3.8) is 0 Å². The normalized spacial score (nSPS) is 12.1. The molecule has 0 unspecified atom stereocenters. The molecule has 214 valence electrons. The highest BCUT2D eigenvalue weighted by Gasteiger charge is 2.34. The van der Waals surface area contributed by atoms with Crippen LogP contribution >= 0.6 is 34.8 Å². The second-order valence-corrected chi connectivity index (χ2v) is 12.0. The second-order valence-electron chi connectivity index (χ2n) is 8.90. The third kappa shape index (κ3) is 7.66. The number of nitrogens with one attached hydrogen (secondary N) is 1. The molecule has 3 rings (SSSR count). The Hall–Kier alpha value is -2.85. The molecule has 0 heterocycles. The summed E-state index contributed by atoms with van der Waals surface area (Å²) in [5.74, 6) is -1.80. The molecule has 7 nitrogen and oxygen atoms in total. The molecule has 0 aliphatic carbocycles. The Kier molecular flexibility index (Phi) is 11.2. The lowest BCUT2D eigenvalue weighted by molar-refractivity contribution is -0.140. The summed E-state index contributed by atoms with van der Waals surface area (Å²) in [7, 11) is -4.31. The molecule has 3 aromatic carbocycles. The van der Waals surface area contributed by atoms with Gasteiger partial charge in [0.15, 0.2) is 0 Å². The number of hydrogen-bond acceptors (Lipinski definition) is 4. The number of sulfonamides is 1. The van der Waals surface area contributed by atoms with Crippen LogP contribution in [-0.4, -0.2) is 44.3 Å². The first-order valence-corrected chi connectivity index (χ1v) is 15.1. The van der Waals surface area contributed by atoms with Gasteiger partial charge in [-0.05, 0) is 60.9 Å². The highest BCUT2D eigenvalue weighted by atomic mass is 35.5. The number of benzene rings is 3. The lowest BCUT2D eigenvalue weighted by Crippen LogP contribution is -2.52. The minimum Gasteiger partial charge on any atom is -0.354 e. The number of carbonyl (C=O) groups excluding carboxylic acids is 2. The Morgan fingerprint density at radius 2 is 1.65 bits per heavy atom. The lowest BCUT2D eigenvalue weighted by atomic mass is 10.1. The number of halogens is 4. The predicted molar refractivity (Wildman–Crippen MR) is 157 cm³/mol. The van der Waals surface area contributed by atoms with Crippen LogP contribution in [-0.2, 0) is 26.2 Å². The molecule has 3 aromatic rings. The lowest BCUT2D eigenvalue weighted by Gasteiger charge is -2.33. The van der Waals surface area contributed by atoms with Crippen LogP contribution in [0.4, 0.5) is 10.1 Å². The van der Waals surface area contributed by atoms with Gasteiger partial charge in [0.2, 0.25) is 11.8 Å². The molecule has 12 heteroatoms. The maximum Gasteiger partial charge on any atom is 0.264 e. The fourth-order valence-electron chi connectivity index (χ4n) is 4.01. The van der Waals surface area contributed by atoms with Crippen LogP contribution in [0.2, 0.25) is 15.1 Å². The smallest absolute Gasteiger partial charge is 0.264 e. The highest BCUT2D eigenvalue weighted by Crippen LogP contribution is 2.29. The van der Waals surface area contributed by atoms with Crippen molar-refractivity contribution in [3.05, 3.63) is 93.2 Å². The zero-order valence-corrected chi connectivity index (χ0v) is 25.0. The van der Waals surface area contributed by atoms with E-state index in [0.29, 0.717) is 23.6 Å². The minimum atomic E-state index is -4.31. The van der Waals surface area contributed by atoms with E-state index in [4.69, 9.17) is 34.8 Å². The largest absolute Gasteiger partial charge is 0.354 e. The van der Waals surface area contributed by atoms with Crippen molar-refractivity contribution >= 4 is 62.3 Å². The van der Waals surface area contributed by atoms with Gasteiger partial charge < -0.3 is 10.2 Å². The summed E-state index contributed by atoms with van der Waals surface area (Å²) in [5.41, 5.74) is 0.500. The average Bonchev–Trinajstić information content (AvgIpc) is 2.93. The zero-order chi connectivity index (χ0) is 29.4. The Morgan fingerprint density at radius 1 is 0.950 bits per heavy atom. The average molecular weight is 629 g/mol. The molecule has 0 bridgehead atoms. The summed E-state index contributed by atoms with van der Waals surface area (Å²) >= 11 is 18.4. The van der Waals surface area contributed by atoms with Crippen LogP contribution in [0.25, 0.3) is 0 Å². The molecule has 0 fully saturated rings. The van der Waals surface area contributed by atoms with Crippen molar-refractivity contribution in [2.24, 2.45) is 0 Å². The van der Waals surface area contributed by atoms with Crippen molar-refractivity contribution in [1.82, 2.24) is 10.2 Å². The molecule has 0 aromatic heterocycles. The summed E-state index contributed by atoms with van der Waals surface area (Å²) in [5, 5.41) is 3.17. The molecule has 2 amide bonds. The van der Waals surface area contributed by atoms with Crippen molar-refractivity contribution in [1.29, 1.82) is 0 Å². The van der Waals surface area contributed by atoms with Gasteiger partial charge in [0.05, 0.1) is 15.6 Å². The van der Waals surface area contributed by atoms with Gasteiger partial charge >= 0.3 is 0 Å². The topological polar surface area (TPSA) is 86.8 Å². The van der Waals surface area contributed by atoms with E-state index in [9.17, 15) is 22.4 Å². The van der Waals surface area contributed by atoms with Crippen LogP contribution in [0.5, 0.6) is 0 Å². The van der Waals surface area contributed by atoms with Crippen molar-refractivity contribution in [2.75, 3.05) is 17.4 Å². The number of anilines is 1. The maximum atomic E-state index is 14.0. The van der Waals surface area contributed by atoms with E-state index >= 15 is 0 Å². The molecule has 1 N–H and O–H groups in total. The summed E-state index contributed by atoms with van der Waals surface area (Å²) in [6, 6.07) is 14.7. The van der Waals surface area contributed by atoms with Crippen molar-refractivity contribution in [3.8, 4) is 0 Å². The summed E-state index contributed by atoms with van der Waals surface area (Å²) in [6.07, 6.45) is 0.938. The number of hydrogen-bond donors (Lipinski definition) is 1. The minimum absolute atomic E-state index is 0.0171. The number of nitrogens with zero attached hydrogens (tertiary/aromatic N) is 2. The van der Waals surface area contributed by atoms with Gasteiger partial charge in [0, 0.05) is 23.1 Å². The van der Waals surface area contributed by atoms with Crippen molar-refractivity contribution in [2.45, 2.75) is 44.2 Å². The summed E-state index contributed by atoms with van der Waals surface area (Å²) < 4.78 is 42.3. The zero-order valence-electron chi connectivity index (χ0n) is 21.9. The quantitative estimate of drug-likeness (QED) is 0.255. The van der Waals surface area contributed by atoms with E-state index in [2.05, 4.69) is 5.32 Å². The van der Waals surface area contributed by atoms with Crippen LogP contribution in [0.3, 0.4) is 0 Å². The second kappa shape index (κ2) is 14.2. The van der Waals surface area contributed by atoms with E-state index < -0.39 is 34.3 Å². The van der Waals surface area contributed by atoms with E-state index in [0.717, 1.165) is 16.4 Å². The molecular formula is C28H29Cl3FN3O4S. The Morgan fingerprint density at radius 3 is 2.25 bits per heavy atom. The van der Waals surface area contributed by atoms with Gasteiger partial charge in [-0.3, -0.25) is 13.9 Å². The molecular weight excluding hydrogens is 600 g/mol. The summed E-state index contributed by atoms with van der Waals surface area (Å²) in [6.45, 7) is 3.27. The first-order valence-electron chi connectivity index (χ1n) is 12.5. The van der Waals surface area contributed by atoms with Crippen LogP contribution in [0.15, 0.2) is 71.6 Å². The maximum absolute atomic E-state index is 14.0. The number of amides is 2. The van der Waals surface area contributed by atoms with Gasteiger partial charge in [-0.1, -0.05) is 72.9 Å². The molecule has 0 saturated carbocycles. The monoisotopic (exact) mass is 627 g/mol. The molecule has 0 spiro atoms. The standard InChI is InChI=1S/C28H29Cl3FN3O4S/c1-3-14-33-28(37)26(4-2)34(17-19-10-11-20(29)15-23(19)30)27(36)18-35(21-12-13-25(32)24(31)16-21)40(38,39)22-8-6-5-7-9-22/h5-13,15-16,26H,3-4,14,17-18H2,1-2H3,(H,33,37)/t26-/m1/s1. The molecule has 40 heavy (non-hydrogen) atoms. The van der Waals surface area contributed by atoms with E-state index in [-0.39, 0.29) is 39.5 Å². The van der Waals surface area contributed by atoms with Gasteiger partial charge in [0.1, 0.15) is 18.4 Å². The molecule has 0 aliphatic heterocycles. The first kappa shape index (κ1) is 31.7. The molecule has 1 atom stereocenters. The fourth-order valence-corrected chi connectivity index (χ4v) is 6.08. The molecule has 0 radical (unpaired) electrons. The highest BCUT2D eigenvalue weighted by molar-refractivity contribution is 7.92. The third-order valence-corrected chi connectivity index (χ3v) is 8.76. The Bertz CT molecular complexity index is 1460. The number of carbonyl (C=O) groups is 2. The third-order valence-electron chi connectivity index (χ3n) is 6.09. The number of rotatable bonds is 12. The fraction of sp³-hybridized carbons (Fsp3) is 0.286. The predicted octanol–water partition coefficient (Wildman–Crippen LogP) is 6.31. The first-order chi connectivity index (χ1) is 19.0. The Labute approximate surface area is 248 Å². The van der Waals surface area contributed by atoms with Crippen molar-refractivity contribution < 1.29 is 22.4 Å². The van der Waals surface area contributed by atoms with E-state index in [1.165, 1.54) is 29.2 Å². The van der Waals surface area contributed by atoms with Crippen LogP contribution in [0, 0.1) is 5.82 Å². The molecule has 0 aliphatic rings. The van der Waals surface area contributed by atoms with Crippen LogP contribution < -0.4 is 9.62 Å². The van der Waals surface area contributed by atoms with Gasteiger partial charge in [0.25, 0.3) is 10.0 Å². The molecule has 0 saturated heterocycles. The van der Waals surface area contributed by atoms with Gasteiger partial charge in [-0.15, -0.1) is 0 Å². The SMILES string of the molecule is CCCNC(=O)[C@@H](CC)N(Cc1ccc(Cl)cc1Cl)C(=O)CN(c1ccc(F)c(Cl)c1)S(=O)(=O)c1ccccc1. The van der Waals surface area contributed by atoms with Gasteiger partial charge in [-0.2, -0.15) is 0 Å². The van der Waals surface area contributed by atoms with Crippen LogP contribution in [0.1, 0.15) is 32.3 Å².